The molecule has 0 saturated carbocycles. The fraction of sp³-hybridized carbons (Fsp3) is 0.611. The molecule has 0 unspecified atom stereocenters. The minimum Gasteiger partial charge on any atom is -0.368 e. The molecule has 0 radical (unpaired) electrons. The van der Waals surface area contributed by atoms with Gasteiger partial charge in [-0.05, 0) is 43.4 Å². The minimum atomic E-state index is -3.44. The van der Waals surface area contributed by atoms with Crippen LogP contribution in [0, 0.1) is 0 Å². The van der Waals surface area contributed by atoms with Crippen molar-refractivity contribution in [3.8, 4) is 0 Å². The number of likely N-dealkylation sites (tertiary alicyclic amines) is 1. The number of amides is 1. The molecule has 26 heavy (non-hydrogen) atoms. The summed E-state index contributed by atoms with van der Waals surface area (Å²) in [7, 11) is -1.90. The molecule has 0 N–H and O–H groups in total. The second-order valence-corrected chi connectivity index (χ2v) is 9.38. The van der Waals surface area contributed by atoms with Gasteiger partial charge in [-0.15, -0.1) is 0 Å². The molecule has 1 aromatic rings. The topological polar surface area (TPSA) is 66.9 Å². The molecule has 0 atom stereocenters. The van der Waals surface area contributed by atoms with Gasteiger partial charge in [-0.25, -0.2) is 12.7 Å². The van der Waals surface area contributed by atoms with Crippen LogP contribution in [0.4, 0.5) is 0 Å². The number of ether oxygens (including phenoxy) is 1. The first-order valence-electron chi connectivity index (χ1n) is 8.93. The summed E-state index contributed by atoms with van der Waals surface area (Å²) >= 11 is 5.85. The van der Waals surface area contributed by atoms with E-state index in [2.05, 4.69) is 0 Å². The van der Waals surface area contributed by atoms with Gasteiger partial charge in [0.15, 0.2) is 0 Å². The Hall–Kier alpha value is -1.15. The maximum Gasteiger partial charge on any atom is 0.254 e. The molecular weight excluding hydrogens is 376 g/mol. The van der Waals surface area contributed by atoms with E-state index in [1.807, 2.05) is 4.90 Å². The summed E-state index contributed by atoms with van der Waals surface area (Å²) in [5, 5.41) is 0.578. The van der Waals surface area contributed by atoms with Gasteiger partial charge >= 0.3 is 0 Å². The Kier molecular flexibility index (Phi) is 5.91. The average molecular weight is 401 g/mol. The third-order valence-corrected chi connectivity index (χ3v) is 7.46. The van der Waals surface area contributed by atoms with Gasteiger partial charge in [-0.3, -0.25) is 4.79 Å². The summed E-state index contributed by atoms with van der Waals surface area (Å²) < 4.78 is 32.5. The second-order valence-electron chi connectivity index (χ2n) is 6.98. The lowest BCUT2D eigenvalue weighted by Crippen LogP contribution is -2.56. The van der Waals surface area contributed by atoms with Crippen LogP contribution in [0.15, 0.2) is 24.3 Å². The van der Waals surface area contributed by atoms with Crippen LogP contribution in [-0.4, -0.2) is 62.4 Å². The van der Waals surface area contributed by atoms with Crippen molar-refractivity contribution < 1.29 is 17.9 Å². The highest BCUT2D eigenvalue weighted by Crippen LogP contribution is 2.31. The predicted molar refractivity (Wildman–Crippen MR) is 100 cm³/mol. The van der Waals surface area contributed by atoms with Gasteiger partial charge in [0.05, 0.1) is 5.75 Å². The van der Waals surface area contributed by atoms with Crippen molar-refractivity contribution in [3.63, 3.8) is 0 Å². The van der Waals surface area contributed by atoms with E-state index in [0.717, 1.165) is 25.9 Å². The van der Waals surface area contributed by atoms with Gasteiger partial charge in [-0.2, -0.15) is 0 Å². The van der Waals surface area contributed by atoms with Crippen molar-refractivity contribution in [3.05, 3.63) is 34.9 Å². The van der Waals surface area contributed by atoms with Crippen molar-refractivity contribution in [2.75, 3.05) is 33.3 Å². The highest BCUT2D eigenvalue weighted by Gasteiger charge is 2.46. The van der Waals surface area contributed by atoms with Crippen LogP contribution in [0.1, 0.15) is 31.2 Å². The summed E-state index contributed by atoms with van der Waals surface area (Å²) in [6.07, 6.45) is 2.82. The monoisotopic (exact) mass is 400 g/mol. The quantitative estimate of drug-likeness (QED) is 0.760. The summed E-state index contributed by atoms with van der Waals surface area (Å²) in [5.74, 6) is -0.0585. The molecule has 144 valence electrons. The third-order valence-electron chi connectivity index (χ3n) is 5.36. The summed E-state index contributed by atoms with van der Waals surface area (Å²) in [6, 6.07) is 6.82. The zero-order chi connectivity index (χ0) is 18.8. The number of carbonyl (C=O) groups is 1. The maximum absolute atomic E-state index is 12.9. The molecule has 1 amide bonds. The van der Waals surface area contributed by atoms with Gasteiger partial charge < -0.3 is 9.64 Å². The number of nitrogens with zero attached hydrogens (tertiary/aromatic N) is 2. The molecule has 3 rings (SSSR count). The van der Waals surface area contributed by atoms with Crippen LogP contribution in [0.3, 0.4) is 0 Å². The number of benzene rings is 1. The SMILES string of the molecule is COC1(C(=O)N2CCCC2)CCN(S(=O)(=O)Cc2ccc(Cl)cc2)CC1. The van der Waals surface area contributed by atoms with Crippen LogP contribution in [-0.2, 0) is 25.3 Å². The highest BCUT2D eigenvalue weighted by atomic mass is 35.5. The Morgan fingerprint density at radius 2 is 1.69 bits per heavy atom. The Morgan fingerprint density at radius 3 is 2.23 bits per heavy atom. The van der Waals surface area contributed by atoms with Crippen molar-refractivity contribution in [1.82, 2.24) is 9.21 Å². The molecule has 0 aliphatic carbocycles. The fourth-order valence-electron chi connectivity index (χ4n) is 3.72. The number of rotatable bonds is 5. The minimum absolute atomic E-state index is 0.00671. The van der Waals surface area contributed by atoms with E-state index >= 15 is 0 Å². The smallest absolute Gasteiger partial charge is 0.254 e. The van der Waals surface area contributed by atoms with Crippen molar-refractivity contribution in [2.45, 2.75) is 37.0 Å². The predicted octanol–water partition coefficient (Wildman–Crippen LogP) is 2.27. The van der Waals surface area contributed by atoms with Crippen LogP contribution in [0.5, 0.6) is 0 Å². The van der Waals surface area contributed by atoms with E-state index < -0.39 is 15.6 Å². The third kappa shape index (κ3) is 4.06. The average Bonchev–Trinajstić information content (AvgIpc) is 3.17. The fourth-order valence-corrected chi connectivity index (χ4v) is 5.38. The van der Waals surface area contributed by atoms with Crippen molar-refractivity contribution in [1.29, 1.82) is 0 Å². The van der Waals surface area contributed by atoms with E-state index in [1.165, 1.54) is 4.31 Å². The van der Waals surface area contributed by atoms with Gasteiger partial charge in [0, 0.05) is 38.3 Å². The summed E-state index contributed by atoms with van der Waals surface area (Å²) in [5.41, 5.74) is -0.192. The van der Waals surface area contributed by atoms with Crippen LogP contribution >= 0.6 is 11.6 Å². The lowest BCUT2D eigenvalue weighted by Gasteiger charge is -2.40. The maximum atomic E-state index is 12.9. The zero-order valence-electron chi connectivity index (χ0n) is 15.0. The first kappa shape index (κ1) is 19.6. The van der Waals surface area contributed by atoms with Crippen LogP contribution < -0.4 is 0 Å². The van der Waals surface area contributed by atoms with E-state index in [-0.39, 0.29) is 11.7 Å². The standard InChI is InChI=1S/C18H25ClN2O4S/c1-25-18(17(22)20-10-2-3-11-20)8-12-21(13-9-18)26(23,24)14-15-4-6-16(19)7-5-15/h4-7H,2-3,8-14H2,1H3. The molecule has 8 heteroatoms. The van der Waals surface area contributed by atoms with Crippen LogP contribution in [0.25, 0.3) is 0 Å². The lowest BCUT2D eigenvalue weighted by molar-refractivity contribution is -0.158. The molecule has 0 bridgehead atoms. The van der Waals surface area contributed by atoms with Crippen molar-refractivity contribution >= 4 is 27.5 Å². The Balaban J connectivity index is 1.66. The molecule has 0 spiro atoms. The number of carbonyl (C=O) groups excluding carboxylic acids is 1. The molecule has 6 nitrogen and oxygen atoms in total. The van der Waals surface area contributed by atoms with Gasteiger partial charge in [-0.1, -0.05) is 23.7 Å². The number of hydrogen-bond acceptors (Lipinski definition) is 4. The Bertz CT molecular complexity index is 737. The Morgan fingerprint density at radius 1 is 1.12 bits per heavy atom. The molecule has 2 aliphatic heterocycles. The number of halogens is 1. The highest BCUT2D eigenvalue weighted by molar-refractivity contribution is 7.88. The number of hydrogen-bond donors (Lipinski definition) is 0. The van der Waals surface area contributed by atoms with Gasteiger partial charge in [0.25, 0.3) is 5.91 Å². The molecular formula is C18H25ClN2O4S. The van der Waals surface area contributed by atoms with E-state index in [9.17, 15) is 13.2 Å². The Labute approximate surface area is 160 Å². The van der Waals surface area contributed by atoms with Crippen LogP contribution in [0.2, 0.25) is 5.02 Å². The number of methoxy groups -OCH3 is 1. The largest absolute Gasteiger partial charge is 0.368 e. The zero-order valence-corrected chi connectivity index (χ0v) is 16.6. The first-order chi connectivity index (χ1) is 12.4. The normalized spacial score (nSPS) is 21.1. The molecule has 1 aromatic carbocycles. The summed E-state index contributed by atoms with van der Waals surface area (Å²) in [6.45, 7) is 2.12. The number of sulfonamides is 1. The molecule has 2 fully saturated rings. The first-order valence-corrected chi connectivity index (χ1v) is 10.9. The molecule has 2 saturated heterocycles. The van der Waals surface area contributed by atoms with E-state index in [0.29, 0.717) is 36.5 Å². The van der Waals surface area contributed by atoms with Crippen molar-refractivity contribution in [2.24, 2.45) is 0 Å². The number of piperidine rings is 1. The molecule has 2 aliphatic rings. The second kappa shape index (κ2) is 7.84. The van der Waals surface area contributed by atoms with E-state index in [1.54, 1.807) is 31.4 Å². The van der Waals surface area contributed by atoms with Gasteiger partial charge in [0.1, 0.15) is 5.60 Å². The molecule has 0 aromatic heterocycles. The lowest BCUT2D eigenvalue weighted by atomic mass is 9.90. The van der Waals surface area contributed by atoms with E-state index in [4.69, 9.17) is 16.3 Å². The molecule has 2 heterocycles. The van der Waals surface area contributed by atoms with Gasteiger partial charge in [0.2, 0.25) is 10.0 Å². The summed E-state index contributed by atoms with van der Waals surface area (Å²) in [4.78, 5) is 14.7.